The van der Waals surface area contributed by atoms with Gasteiger partial charge in [0.15, 0.2) is 5.78 Å². The number of rotatable bonds is 6. The third-order valence-electron chi connectivity index (χ3n) is 5.96. The number of methoxy groups -OCH3 is 1. The van der Waals surface area contributed by atoms with Crippen LogP contribution in [0.15, 0.2) is 47.5 Å². The van der Waals surface area contributed by atoms with Gasteiger partial charge in [0.25, 0.3) is 5.69 Å². The summed E-state index contributed by atoms with van der Waals surface area (Å²) >= 11 is 0. The van der Waals surface area contributed by atoms with Crippen molar-refractivity contribution < 1.29 is 24.4 Å². The predicted octanol–water partition coefficient (Wildman–Crippen LogP) is 3.94. The van der Waals surface area contributed by atoms with Gasteiger partial charge in [-0.1, -0.05) is 25.1 Å². The number of fused-ring (bicyclic) bond motifs is 3. The molecule has 0 saturated heterocycles. The molecule has 0 fully saturated rings. The number of aromatic amines is 1. The van der Waals surface area contributed by atoms with Gasteiger partial charge in [0, 0.05) is 47.3 Å². The van der Waals surface area contributed by atoms with Crippen LogP contribution in [0.2, 0.25) is 0 Å². The molecule has 0 saturated carbocycles. The van der Waals surface area contributed by atoms with Crippen LogP contribution >= 0.6 is 0 Å². The SMILES string of the molecule is COc1ccc([N+](=O)[O-])c(C(=O)C(C)C2CN=CC(C(=O)O)c3[nH]c4ccccc4c32)c1. The number of aromatic nitrogens is 1. The summed E-state index contributed by atoms with van der Waals surface area (Å²) in [6.07, 6.45) is 1.38. The molecular weight excluding hydrogens is 414 g/mol. The Kier molecular flexibility index (Phi) is 5.48. The maximum Gasteiger partial charge on any atom is 0.318 e. The number of aliphatic imine (C=N–C) groups is 1. The Bertz CT molecular complexity index is 1260. The molecule has 2 heterocycles. The van der Waals surface area contributed by atoms with E-state index >= 15 is 0 Å². The molecule has 32 heavy (non-hydrogen) atoms. The van der Waals surface area contributed by atoms with E-state index in [1.54, 1.807) is 6.92 Å². The van der Waals surface area contributed by atoms with Gasteiger partial charge in [0.2, 0.25) is 0 Å². The molecule has 2 N–H and O–H groups in total. The van der Waals surface area contributed by atoms with Crippen LogP contribution in [0.3, 0.4) is 0 Å². The normalized spacial score (nSPS) is 18.6. The number of para-hydroxylation sites is 1. The fourth-order valence-corrected chi connectivity index (χ4v) is 4.30. The summed E-state index contributed by atoms with van der Waals surface area (Å²) in [6.45, 7) is 1.88. The first-order valence-corrected chi connectivity index (χ1v) is 10.0. The zero-order valence-electron chi connectivity index (χ0n) is 17.4. The van der Waals surface area contributed by atoms with Gasteiger partial charge in [0.1, 0.15) is 11.7 Å². The van der Waals surface area contributed by atoms with Crippen LogP contribution in [-0.4, -0.2) is 46.6 Å². The third-order valence-corrected chi connectivity index (χ3v) is 5.96. The van der Waals surface area contributed by atoms with Crippen LogP contribution in [0.5, 0.6) is 5.75 Å². The number of nitro benzene ring substituents is 1. The molecule has 0 aliphatic carbocycles. The van der Waals surface area contributed by atoms with Crippen LogP contribution in [0.4, 0.5) is 5.69 Å². The van der Waals surface area contributed by atoms with Crippen molar-refractivity contribution in [1.29, 1.82) is 0 Å². The van der Waals surface area contributed by atoms with E-state index in [1.165, 1.54) is 31.5 Å². The number of nitrogens with zero attached hydrogens (tertiary/aromatic N) is 2. The number of benzene rings is 2. The molecule has 164 valence electrons. The standard InChI is InChI=1S/C23H21N3O6/c1-12(22(27)15-9-13(32-2)7-8-19(15)26(30)31)16-10-24-11-17(23(28)29)21-20(16)14-5-3-4-6-18(14)25-21/h3-9,11-12,16-17,25H,10H2,1-2H3,(H,28,29). The Balaban J connectivity index is 1.85. The van der Waals surface area contributed by atoms with Gasteiger partial charge in [-0.2, -0.15) is 0 Å². The van der Waals surface area contributed by atoms with Gasteiger partial charge >= 0.3 is 5.97 Å². The highest BCUT2D eigenvalue weighted by atomic mass is 16.6. The first kappa shape index (κ1) is 21.2. The van der Waals surface area contributed by atoms with E-state index in [9.17, 15) is 24.8 Å². The average Bonchev–Trinajstić information content (AvgIpc) is 3.05. The van der Waals surface area contributed by atoms with Gasteiger partial charge < -0.3 is 14.8 Å². The topological polar surface area (TPSA) is 135 Å². The number of carbonyl (C=O) groups is 2. The number of carboxylic acids is 1. The lowest BCUT2D eigenvalue weighted by Gasteiger charge is -2.22. The third kappa shape index (κ3) is 3.51. The maximum atomic E-state index is 13.5. The van der Waals surface area contributed by atoms with E-state index in [1.807, 2.05) is 24.3 Å². The zero-order chi connectivity index (χ0) is 23.0. The number of carbonyl (C=O) groups excluding carboxylic acids is 1. The van der Waals surface area contributed by atoms with Crippen LogP contribution in [-0.2, 0) is 4.79 Å². The summed E-state index contributed by atoms with van der Waals surface area (Å²) in [5.41, 5.74) is 1.59. The Hall–Kier alpha value is -4.01. The molecule has 9 nitrogen and oxygen atoms in total. The van der Waals surface area contributed by atoms with Gasteiger partial charge in [-0.15, -0.1) is 0 Å². The number of ketones is 1. The van der Waals surface area contributed by atoms with Crippen molar-refractivity contribution >= 4 is 34.6 Å². The summed E-state index contributed by atoms with van der Waals surface area (Å²) in [6, 6.07) is 11.4. The van der Waals surface area contributed by atoms with E-state index in [4.69, 9.17) is 4.74 Å². The van der Waals surface area contributed by atoms with Crippen molar-refractivity contribution in [2.24, 2.45) is 10.9 Å². The predicted molar refractivity (Wildman–Crippen MR) is 118 cm³/mol. The quantitative estimate of drug-likeness (QED) is 0.342. The Morgan fingerprint density at radius 2 is 2.03 bits per heavy atom. The minimum Gasteiger partial charge on any atom is -0.497 e. The molecule has 3 aromatic rings. The molecule has 3 atom stereocenters. The summed E-state index contributed by atoms with van der Waals surface area (Å²) in [4.78, 5) is 43.8. The smallest absolute Gasteiger partial charge is 0.318 e. The first-order chi connectivity index (χ1) is 15.3. The molecule has 0 bridgehead atoms. The molecule has 0 radical (unpaired) electrons. The van der Waals surface area contributed by atoms with E-state index in [0.717, 1.165) is 10.9 Å². The highest BCUT2D eigenvalue weighted by Crippen LogP contribution is 2.40. The Morgan fingerprint density at radius 3 is 2.72 bits per heavy atom. The number of nitrogens with one attached hydrogen (secondary N) is 1. The lowest BCUT2D eigenvalue weighted by atomic mass is 9.80. The largest absolute Gasteiger partial charge is 0.497 e. The minimum absolute atomic E-state index is 0.0498. The summed E-state index contributed by atoms with van der Waals surface area (Å²) in [5.74, 6) is -3.30. The molecule has 4 rings (SSSR count). The molecular formula is C23H21N3O6. The molecule has 2 aromatic carbocycles. The number of ether oxygens (including phenoxy) is 1. The van der Waals surface area contributed by atoms with Crippen molar-refractivity contribution in [1.82, 2.24) is 4.98 Å². The average molecular weight is 435 g/mol. The fraction of sp³-hybridized carbons (Fsp3) is 0.261. The molecule has 3 unspecified atom stereocenters. The second-order valence-corrected chi connectivity index (χ2v) is 7.73. The summed E-state index contributed by atoms with van der Waals surface area (Å²) < 4.78 is 5.16. The van der Waals surface area contributed by atoms with Crippen LogP contribution in [0, 0.1) is 16.0 Å². The molecule has 0 spiro atoms. The van der Waals surface area contributed by atoms with Crippen molar-refractivity contribution in [3.63, 3.8) is 0 Å². The van der Waals surface area contributed by atoms with E-state index in [0.29, 0.717) is 17.0 Å². The number of Topliss-reactive ketones (excluding diaryl/α,β-unsaturated/α-hetero) is 1. The van der Waals surface area contributed by atoms with Crippen LogP contribution in [0.25, 0.3) is 10.9 Å². The number of nitro groups is 1. The van der Waals surface area contributed by atoms with Gasteiger partial charge in [0.05, 0.1) is 17.6 Å². The monoisotopic (exact) mass is 435 g/mol. The van der Waals surface area contributed by atoms with Crippen molar-refractivity contribution in [3.05, 3.63) is 69.4 Å². The zero-order valence-corrected chi connectivity index (χ0v) is 17.4. The first-order valence-electron chi connectivity index (χ1n) is 10.0. The number of H-pyrrole nitrogens is 1. The summed E-state index contributed by atoms with van der Waals surface area (Å²) in [7, 11) is 1.42. The molecule has 0 amide bonds. The van der Waals surface area contributed by atoms with E-state index in [-0.39, 0.29) is 17.8 Å². The second-order valence-electron chi connectivity index (χ2n) is 7.73. The Labute approximate surface area is 182 Å². The number of aliphatic carboxylic acids is 1. The number of hydrogen-bond acceptors (Lipinski definition) is 6. The highest BCUT2D eigenvalue weighted by molar-refractivity contribution is 6.03. The van der Waals surface area contributed by atoms with Crippen LogP contribution < -0.4 is 4.74 Å². The lowest BCUT2D eigenvalue weighted by molar-refractivity contribution is -0.385. The maximum absolute atomic E-state index is 13.5. The van der Waals surface area contributed by atoms with Gasteiger partial charge in [-0.25, -0.2) is 0 Å². The minimum atomic E-state index is -1.05. The molecule has 1 aliphatic rings. The molecule has 1 aliphatic heterocycles. The molecule has 1 aromatic heterocycles. The van der Waals surface area contributed by atoms with Crippen molar-refractivity contribution in [2.45, 2.75) is 18.8 Å². The van der Waals surface area contributed by atoms with E-state index in [2.05, 4.69) is 9.98 Å². The van der Waals surface area contributed by atoms with Gasteiger partial charge in [-0.3, -0.25) is 24.7 Å². The van der Waals surface area contributed by atoms with Crippen molar-refractivity contribution in [2.75, 3.05) is 13.7 Å². The highest BCUT2D eigenvalue weighted by Gasteiger charge is 2.37. The Morgan fingerprint density at radius 1 is 1.28 bits per heavy atom. The fourth-order valence-electron chi connectivity index (χ4n) is 4.30. The van der Waals surface area contributed by atoms with Crippen LogP contribution in [0.1, 0.15) is 40.4 Å². The van der Waals surface area contributed by atoms with E-state index < -0.39 is 34.4 Å². The van der Waals surface area contributed by atoms with Crippen molar-refractivity contribution in [3.8, 4) is 5.75 Å². The number of carboxylic acid groups (broad SMARTS) is 1. The second kappa shape index (κ2) is 8.26. The molecule has 9 heteroatoms. The summed E-state index contributed by atoms with van der Waals surface area (Å²) in [5, 5.41) is 22.1. The van der Waals surface area contributed by atoms with Gasteiger partial charge in [-0.05, 0) is 23.8 Å². The lowest BCUT2D eigenvalue weighted by Crippen LogP contribution is -2.23. The number of hydrogen-bond donors (Lipinski definition) is 2.